The fourth-order valence-electron chi connectivity index (χ4n) is 2.82. The maximum Gasteiger partial charge on any atom is 0.303 e. The Bertz CT molecular complexity index is 528. The first-order valence-electron chi connectivity index (χ1n) is 7.44. The van der Waals surface area contributed by atoms with Crippen LogP contribution in [-0.2, 0) is 16.0 Å². The number of carbonyl (C=O) groups is 2. The fourth-order valence-corrected chi connectivity index (χ4v) is 2.82. The number of rotatable bonds is 6. The Labute approximate surface area is 125 Å². The maximum absolute atomic E-state index is 11.3. The van der Waals surface area contributed by atoms with Crippen LogP contribution in [0.1, 0.15) is 38.2 Å². The number of carbonyl (C=O) groups excluding carboxylic acids is 1. The lowest BCUT2D eigenvalue weighted by Crippen LogP contribution is -2.31. The van der Waals surface area contributed by atoms with Gasteiger partial charge in [0.05, 0.1) is 0 Å². The van der Waals surface area contributed by atoms with Gasteiger partial charge in [0.15, 0.2) is 0 Å². The zero-order valence-corrected chi connectivity index (χ0v) is 12.4. The third-order valence-corrected chi connectivity index (χ3v) is 3.73. The maximum atomic E-state index is 11.3. The van der Waals surface area contributed by atoms with E-state index in [1.807, 2.05) is 12.1 Å². The molecule has 2 rings (SSSR count). The molecule has 0 aliphatic carbocycles. The molecule has 1 heterocycles. The first kappa shape index (κ1) is 15.4. The van der Waals surface area contributed by atoms with Gasteiger partial charge in [-0.1, -0.05) is 6.07 Å². The summed E-state index contributed by atoms with van der Waals surface area (Å²) in [5, 5.41) is 11.6. The quantitative estimate of drug-likeness (QED) is 0.790. The van der Waals surface area contributed by atoms with Crippen LogP contribution in [-0.4, -0.2) is 30.1 Å². The number of carboxylic acids is 1. The van der Waals surface area contributed by atoms with Gasteiger partial charge in [-0.25, -0.2) is 0 Å². The van der Waals surface area contributed by atoms with Crippen LogP contribution in [0.4, 0.5) is 11.4 Å². The standard InChI is InChI=1S/C16H22N2O3/c1-12(19)17-14-7-4-8-15-13(14)6-5-11-18(15)10-3-2-9-16(20)21/h4,7-8H,2-3,5-6,9-11H2,1H3,(H,17,19)(H,20,21). The first-order chi connectivity index (χ1) is 10.1. The molecule has 0 fully saturated rings. The molecule has 1 aliphatic heterocycles. The van der Waals surface area contributed by atoms with E-state index in [0.717, 1.165) is 38.0 Å². The Hall–Kier alpha value is -2.04. The third kappa shape index (κ3) is 4.21. The molecule has 0 saturated heterocycles. The molecule has 0 bridgehead atoms. The van der Waals surface area contributed by atoms with Crippen LogP contribution >= 0.6 is 0 Å². The molecule has 114 valence electrons. The van der Waals surface area contributed by atoms with Gasteiger partial charge in [-0.15, -0.1) is 0 Å². The summed E-state index contributed by atoms with van der Waals surface area (Å²) in [5.74, 6) is -0.788. The predicted molar refractivity (Wildman–Crippen MR) is 82.8 cm³/mol. The minimum absolute atomic E-state index is 0.0537. The molecule has 0 radical (unpaired) electrons. The summed E-state index contributed by atoms with van der Waals surface area (Å²) in [4.78, 5) is 24.1. The highest BCUT2D eigenvalue weighted by atomic mass is 16.4. The molecule has 0 spiro atoms. The van der Waals surface area contributed by atoms with E-state index in [-0.39, 0.29) is 12.3 Å². The van der Waals surface area contributed by atoms with Crippen molar-refractivity contribution in [2.45, 2.75) is 39.0 Å². The van der Waals surface area contributed by atoms with Crippen molar-refractivity contribution in [3.05, 3.63) is 23.8 Å². The van der Waals surface area contributed by atoms with Crippen molar-refractivity contribution >= 4 is 23.3 Å². The number of hydrogen-bond acceptors (Lipinski definition) is 3. The summed E-state index contributed by atoms with van der Waals surface area (Å²) < 4.78 is 0. The highest BCUT2D eigenvalue weighted by molar-refractivity contribution is 5.90. The Kier molecular flexibility index (Phi) is 5.20. The number of benzene rings is 1. The molecule has 0 unspecified atom stereocenters. The molecule has 5 heteroatoms. The topological polar surface area (TPSA) is 69.6 Å². The van der Waals surface area contributed by atoms with Crippen LogP contribution < -0.4 is 10.2 Å². The van der Waals surface area contributed by atoms with Gasteiger partial charge in [0.25, 0.3) is 0 Å². The average Bonchev–Trinajstić information content (AvgIpc) is 2.43. The normalized spacial score (nSPS) is 13.7. The van der Waals surface area contributed by atoms with E-state index in [9.17, 15) is 9.59 Å². The van der Waals surface area contributed by atoms with Gasteiger partial charge in [0.1, 0.15) is 0 Å². The second-order valence-corrected chi connectivity index (χ2v) is 5.43. The molecule has 0 aromatic heterocycles. The van der Waals surface area contributed by atoms with E-state index in [0.29, 0.717) is 6.42 Å². The molecule has 1 aliphatic rings. The molecule has 0 saturated carbocycles. The Balaban J connectivity index is 2.05. The molecule has 1 aromatic rings. The minimum Gasteiger partial charge on any atom is -0.481 e. The second-order valence-electron chi connectivity index (χ2n) is 5.43. The number of aliphatic carboxylic acids is 1. The molecule has 1 aromatic carbocycles. The minimum atomic E-state index is -0.734. The van der Waals surface area contributed by atoms with Gasteiger partial charge in [0, 0.05) is 37.8 Å². The molecule has 5 nitrogen and oxygen atoms in total. The molecule has 2 N–H and O–H groups in total. The lowest BCUT2D eigenvalue weighted by molar-refractivity contribution is -0.137. The average molecular weight is 290 g/mol. The Morgan fingerprint density at radius 2 is 2.14 bits per heavy atom. The van der Waals surface area contributed by atoms with Gasteiger partial charge in [-0.3, -0.25) is 9.59 Å². The lowest BCUT2D eigenvalue weighted by Gasteiger charge is -2.32. The largest absolute Gasteiger partial charge is 0.481 e. The molecule has 21 heavy (non-hydrogen) atoms. The lowest BCUT2D eigenvalue weighted by atomic mass is 9.99. The van der Waals surface area contributed by atoms with E-state index in [4.69, 9.17) is 5.11 Å². The highest BCUT2D eigenvalue weighted by Gasteiger charge is 2.19. The Morgan fingerprint density at radius 3 is 2.86 bits per heavy atom. The van der Waals surface area contributed by atoms with Crippen LogP contribution in [0.2, 0.25) is 0 Å². The van der Waals surface area contributed by atoms with Crippen molar-refractivity contribution < 1.29 is 14.7 Å². The van der Waals surface area contributed by atoms with Gasteiger partial charge in [-0.2, -0.15) is 0 Å². The van der Waals surface area contributed by atoms with Crippen molar-refractivity contribution in [3.63, 3.8) is 0 Å². The van der Waals surface area contributed by atoms with Crippen molar-refractivity contribution in [2.75, 3.05) is 23.3 Å². The number of carboxylic acid groups (broad SMARTS) is 1. The SMILES string of the molecule is CC(=O)Nc1cccc2c1CCCN2CCCCC(=O)O. The summed E-state index contributed by atoms with van der Waals surface area (Å²) in [6.07, 6.45) is 3.83. The van der Waals surface area contributed by atoms with Crippen LogP contribution in [0, 0.1) is 0 Å². The zero-order chi connectivity index (χ0) is 15.2. The number of nitrogens with one attached hydrogen (secondary N) is 1. The number of fused-ring (bicyclic) bond motifs is 1. The van der Waals surface area contributed by atoms with E-state index < -0.39 is 5.97 Å². The van der Waals surface area contributed by atoms with Crippen molar-refractivity contribution in [1.29, 1.82) is 0 Å². The summed E-state index contributed by atoms with van der Waals surface area (Å²) in [7, 11) is 0. The van der Waals surface area contributed by atoms with E-state index >= 15 is 0 Å². The van der Waals surface area contributed by atoms with Gasteiger partial charge in [0.2, 0.25) is 5.91 Å². The van der Waals surface area contributed by atoms with Crippen LogP contribution in [0.25, 0.3) is 0 Å². The second kappa shape index (κ2) is 7.11. The Morgan fingerprint density at radius 1 is 1.33 bits per heavy atom. The van der Waals surface area contributed by atoms with Gasteiger partial charge < -0.3 is 15.3 Å². The number of nitrogens with zero attached hydrogens (tertiary/aromatic N) is 1. The van der Waals surface area contributed by atoms with E-state index in [1.54, 1.807) is 0 Å². The molecule has 0 atom stereocenters. The van der Waals surface area contributed by atoms with Crippen LogP contribution in [0.5, 0.6) is 0 Å². The molecular formula is C16H22N2O3. The molecule has 1 amide bonds. The first-order valence-corrected chi connectivity index (χ1v) is 7.44. The number of unbranched alkanes of at least 4 members (excludes halogenated alkanes) is 1. The number of hydrogen-bond donors (Lipinski definition) is 2. The zero-order valence-electron chi connectivity index (χ0n) is 12.4. The van der Waals surface area contributed by atoms with Gasteiger partial charge >= 0.3 is 5.97 Å². The highest BCUT2D eigenvalue weighted by Crippen LogP contribution is 2.33. The summed E-state index contributed by atoms with van der Waals surface area (Å²) in [5.41, 5.74) is 3.26. The van der Waals surface area contributed by atoms with Crippen LogP contribution in [0.3, 0.4) is 0 Å². The number of anilines is 2. The fraction of sp³-hybridized carbons (Fsp3) is 0.500. The number of amides is 1. The monoisotopic (exact) mass is 290 g/mol. The summed E-state index contributed by atoms with van der Waals surface area (Å²) in [6.45, 7) is 3.37. The van der Waals surface area contributed by atoms with Gasteiger partial charge in [-0.05, 0) is 43.4 Å². The van der Waals surface area contributed by atoms with Crippen molar-refractivity contribution in [2.24, 2.45) is 0 Å². The predicted octanol–water partition coefficient (Wildman–Crippen LogP) is 2.65. The van der Waals surface area contributed by atoms with Crippen molar-refractivity contribution in [3.8, 4) is 0 Å². The van der Waals surface area contributed by atoms with Crippen molar-refractivity contribution in [1.82, 2.24) is 0 Å². The van der Waals surface area contributed by atoms with Crippen LogP contribution in [0.15, 0.2) is 18.2 Å². The third-order valence-electron chi connectivity index (χ3n) is 3.73. The smallest absolute Gasteiger partial charge is 0.303 e. The van der Waals surface area contributed by atoms with E-state index in [2.05, 4.69) is 16.3 Å². The van der Waals surface area contributed by atoms with E-state index in [1.165, 1.54) is 18.2 Å². The molecular weight excluding hydrogens is 268 g/mol. The summed E-state index contributed by atoms with van der Waals surface area (Å²) in [6, 6.07) is 5.98. The summed E-state index contributed by atoms with van der Waals surface area (Å²) >= 11 is 0.